The molecule has 11 heteroatoms. The molecule has 0 aromatic heterocycles. The van der Waals surface area contributed by atoms with Crippen molar-refractivity contribution in [2.24, 2.45) is 5.10 Å². The summed E-state index contributed by atoms with van der Waals surface area (Å²) in [6, 6.07) is 10.9. The summed E-state index contributed by atoms with van der Waals surface area (Å²) in [5, 5.41) is 14.9. The predicted octanol–water partition coefficient (Wildman–Crippen LogP) is 2.30. The van der Waals surface area contributed by atoms with Crippen molar-refractivity contribution < 1.29 is 22.9 Å². The molecule has 1 amide bonds. The van der Waals surface area contributed by atoms with Gasteiger partial charge in [-0.3, -0.25) is 19.2 Å². The van der Waals surface area contributed by atoms with E-state index in [-0.39, 0.29) is 5.69 Å². The molecule has 2 rings (SSSR count). The van der Waals surface area contributed by atoms with Crippen molar-refractivity contribution >= 4 is 33.0 Å². The highest BCUT2D eigenvalue weighted by Crippen LogP contribution is 2.23. The van der Waals surface area contributed by atoms with Gasteiger partial charge in [0.25, 0.3) is 11.6 Å². The second-order valence-corrected chi connectivity index (χ2v) is 8.27. The zero-order valence-electron chi connectivity index (χ0n) is 16.9. The number of ether oxygens (including phenoxy) is 1. The topological polar surface area (TPSA) is 131 Å². The first-order valence-corrected chi connectivity index (χ1v) is 10.6. The maximum absolute atomic E-state index is 12.6. The van der Waals surface area contributed by atoms with Crippen molar-refractivity contribution in [2.45, 2.75) is 19.9 Å². The third-order valence-electron chi connectivity index (χ3n) is 4.22. The van der Waals surface area contributed by atoms with E-state index in [4.69, 9.17) is 4.74 Å². The fourth-order valence-electron chi connectivity index (χ4n) is 2.68. The van der Waals surface area contributed by atoms with Crippen LogP contribution in [0, 0.1) is 10.1 Å². The van der Waals surface area contributed by atoms with Gasteiger partial charge in [-0.15, -0.1) is 0 Å². The number of nitrogens with one attached hydrogen (secondary N) is 1. The molecule has 0 heterocycles. The van der Waals surface area contributed by atoms with Gasteiger partial charge in [0.2, 0.25) is 10.0 Å². The first kappa shape index (κ1) is 22.8. The summed E-state index contributed by atoms with van der Waals surface area (Å²) in [4.78, 5) is 23.0. The lowest BCUT2D eigenvalue weighted by Crippen LogP contribution is -2.46. The summed E-state index contributed by atoms with van der Waals surface area (Å²) in [6.07, 6.45) is 0.999. The van der Waals surface area contributed by atoms with Gasteiger partial charge < -0.3 is 4.74 Å². The van der Waals surface area contributed by atoms with Gasteiger partial charge in [-0.2, -0.15) is 5.10 Å². The normalized spacial score (nSPS) is 12.7. The van der Waals surface area contributed by atoms with Crippen molar-refractivity contribution in [3.05, 3.63) is 64.2 Å². The molecule has 0 bridgehead atoms. The standard InChI is InChI=1S/C19H22N4O6S/c1-13(15-6-5-7-17(12-15)23(25)26)20-21-19(24)14(2)22(30(4,27)28)16-8-10-18(29-3)11-9-16/h5-12,14H,1-4H3,(H,21,24)/b20-13-/t14-/m0/s1. The average molecular weight is 434 g/mol. The Kier molecular flexibility index (Phi) is 7.11. The molecule has 160 valence electrons. The van der Waals surface area contributed by atoms with Crippen molar-refractivity contribution in [1.29, 1.82) is 0 Å². The maximum Gasteiger partial charge on any atom is 0.270 e. The third kappa shape index (κ3) is 5.54. The van der Waals surface area contributed by atoms with E-state index in [1.807, 2.05) is 0 Å². The molecule has 0 unspecified atom stereocenters. The molecular formula is C19H22N4O6S. The number of benzene rings is 2. The van der Waals surface area contributed by atoms with E-state index in [0.717, 1.165) is 10.6 Å². The van der Waals surface area contributed by atoms with Crippen LogP contribution in [0.1, 0.15) is 19.4 Å². The molecule has 0 fully saturated rings. The van der Waals surface area contributed by atoms with Crippen molar-refractivity contribution in [3.8, 4) is 5.75 Å². The van der Waals surface area contributed by atoms with Gasteiger partial charge in [0.15, 0.2) is 0 Å². The van der Waals surface area contributed by atoms with Crippen LogP contribution in [0.15, 0.2) is 53.6 Å². The SMILES string of the molecule is COc1ccc(N([C@@H](C)C(=O)N/N=C(/C)c2cccc([N+](=O)[O-])c2)S(C)(=O)=O)cc1. The summed E-state index contributed by atoms with van der Waals surface area (Å²) >= 11 is 0. The number of hydrogen-bond acceptors (Lipinski definition) is 7. The first-order valence-electron chi connectivity index (χ1n) is 8.77. The zero-order valence-corrected chi connectivity index (χ0v) is 17.7. The Hall–Kier alpha value is -3.47. The van der Waals surface area contributed by atoms with Gasteiger partial charge in [-0.1, -0.05) is 12.1 Å². The fraction of sp³-hybridized carbons (Fsp3) is 0.263. The highest BCUT2D eigenvalue weighted by atomic mass is 32.2. The largest absolute Gasteiger partial charge is 0.497 e. The number of nitrogens with zero attached hydrogens (tertiary/aromatic N) is 3. The Bertz CT molecular complexity index is 1070. The van der Waals surface area contributed by atoms with E-state index in [1.54, 1.807) is 25.1 Å². The molecule has 2 aromatic rings. The number of nitro benzene ring substituents is 1. The van der Waals surface area contributed by atoms with Crippen LogP contribution in [0.5, 0.6) is 5.75 Å². The van der Waals surface area contributed by atoms with Crippen LogP contribution in [-0.4, -0.2) is 44.4 Å². The van der Waals surface area contributed by atoms with Crippen molar-refractivity contribution in [2.75, 3.05) is 17.7 Å². The van der Waals surface area contributed by atoms with Crippen molar-refractivity contribution in [3.63, 3.8) is 0 Å². The molecule has 0 aliphatic heterocycles. The number of anilines is 1. The minimum Gasteiger partial charge on any atom is -0.497 e. The fourth-order valence-corrected chi connectivity index (χ4v) is 3.85. The van der Waals surface area contributed by atoms with Gasteiger partial charge in [0, 0.05) is 17.7 Å². The number of hydrazone groups is 1. The second kappa shape index (κ2) is 9.35. The Morgan fingerprint density at radius 1 is 1.23 bits per heavy atom. The highest BCUT2D eigenvalue weighted by Gasteiger charge is 2.29. The van der Waals surface area contributed by atoms with Gasteiger partial charge in [0.1, 0.15) is 11.8 Å². The number of amides is 1. The van der Waals surface area contributed by atoms with E-state index in [0.29, 0.717) is 22.7 Å². The summed E-state index contributed by atoms with van der Waals surface area (Å²) < 4.78 is 30.7. The second-order valence-electron chi connectivity index (χ2n) is 6.41. The average Bonchev–Trinajstić information content (AvgIpc) is 2.71. The van der Waals surface area contributed by atoms with Crippen LogP contribution in [0.25, 0.3) is 0 Å². The van der Waals surface area contributed by atoms with E-state index in [2.05, 4.69) is 10.5 Å². The molecule has 1 atom stereocenters. The summed E-state index contributed by atoms with van der Waals surface area (Å²) in [6.45, 7) is 3.00. The number of carbonyl (C=O) groups is 1. The molecular weight excluding hydrogens is 412 g/mol. The number of sulfonamides is 1. The molecule has 10 nitrogen and oxygen atoms in total. The monoisotopic (exact) mass is 434 g/mol. The first-order chi connectivity index (χ1) is 14.0. The van der Waals surface area contributed by atoms with Gasteiger partial charge in [-0.25, -0.2) is 13.8 Å². The van der Waals surface area contributed by atoms with Gasteiger partial charge in [-0.05, 0) is 38.1 Å². The Balaban J connectivity index is 2.23. The van der Waals surface area contributed by atoms with Crippen LogP contribution in [0.2, 0.25) is 0 Å². The number of carbonyl (C=O) groups excluding carboxylic acids is 1. The molecule has 0 radical (unpaired) electrons. The third-order valence-corrected chi connectivity index (χ3v) is 5.47. The Morgan fingerprint density at radius 2 is 1.87 bits per heavy atom. The molecule has 0 aliphatic rings. The Labute approximate surface area is 174 Å². The van der Waals surface area contributed by atoms with E-state index in [1.165, 1.54) is 44.4 Å². The zero-order chi connectivity index (χ0) is 22.5. The highest BCUT2D eigenvalue weighted by molar-refractivity contribution is 7.92. The number of non-ortho nitro benzene ring substituents is 1. The molecule has 0 aliphatic carbocycles. The van der Waals surface area contributed by atoms with Crippen LogP contribution >= 0.6 is 0 Å². The smallest absolute Gasteiger partial charge is 0.270 e. The van der Waals surface area contributed by atoms with E-state index >= 15 is 0 Å². The lowest BCUT2D eigenvalue weighted by molar-refractivity contribution is -0.384. The van der Waals surface area contributed by atoms with Crippen molar-refractivity contribution in [1.82, 2.24) is 5.43 Å². The maximum atomic E-state index is 12.6. The van der Waals surface area contributed by atoms with Crippen LogP contribution in [0.3, 0.4) is 0 Å². The van der Waals surface area contributed by atoms with Crippen LogP contribution in [0.4, 0.5) is 11.4 Å². The quantitative estimate of drug-likeness (QED) is 0.385. The van der Waals surface area contributed by atoms with E-state index in [9.17, 15) is 23.3 Å². The minimum absolute atomic E-state index is 0.107. The molecule has 1 N–H and O–H groups in total. The molecule has 30 heavy (non-hydrogen) atoms. The van der Waals surface area contributed by atoms with Gasteiger partial charge >= 0.3 is 0 Å². The molecule has 2 aromatic carbocycles. The number of hydrogen-bond donors (Lipinski definition) is 1. The minimum atomic E-state index is -3.78. The van der Waals surface area contributed by atoms with Gasteiger partial charge in [0.05, 0.1) is 29.7 Å². The molecule has 0 spiro atoms. The predicted molar refractivity (Wildman–Crippen MR) is 113 cm³/mol. The lowest BCUT2D eigenvalue weighted by atomic mass is 10.1. The van der Waals surface area contributed by atoms with E-state index < -0.39 is 26.9 Å². The lowest BCUT2D eigenvalue weighted by Gasteiger charge is -2.27. The van der Waals surface area contributed by atoms with Crippen LogP contribution in [-0.2, 0) is 14.8 Å². The number of nitro groups is 1. The summed E-state index contributed by atoms with van der Waals surface area (Å²) in [5.74, 6) is -0.123. The Morgan fingerprint density at radius 3 is 2.40 bits per heavy atom. The molecule has 0 saturated heterocycles. The number of methoxy groups -OCH3 is 1. The summed E-state index contributed by atoms with van der Waals surface area (Å²) in [5.41, 5.74) is 3.29. The summed E-state index contributed by atoms with van der Waals surface area (Å²) in [7, 11) is -2.29. The molecule has 0 saturated carbocycles. The number of rotatable bonds is 8. The van der Waals surface area contributed by atoms with Crippen LogP contribution < -0.4 is 14.5 Å².